The van der Waals surface area contributed by atoms with Gasteiger partial charge in [0.15, 0.2) is 0 Å². The van der Waals surface area contributed by atoms with Crippen LogP contribution >= 0.6 is 0 Å². The molecule has 0 spiro atoms. The second-order valence-electron chi connectivity index (χ2n) is 7.13. The number of nitrogens with zero attached hydrogens (tertiary/aromatic N) is 2. The van der Waals surface area contributed by atoms with Crippen LogP contribution in [-0.2, 0) is 0 Å². The van der Waals surface area contributed by atoms with E-state index in [1.54, 1.807) is 0 Å². The van der Waals surface area contributed by atoms with Crippen LogP contribution in [0.15, 0.2) is 30.3 Å². The summed E-state index contributed by atoms with van der Waals surface area (Å²) >= 11 is 0. The van der Waals surface area contributed by atoms with Crippen LogP contribution in [0.5, 0.6) is 0 Å². The molecule has 2 rings (SSSR count). The Hall–Kier alpha value is -0.900. The van der Waals surface area contributed by atoms with Crippen LogP contribution in [0.2, 0.25) is 0 Å². The van der Waals surface area contributed by atoms with Gasteiger partial charge in [0.1, 0.15) is 0 Å². The molecule has 118 valence electrons. The SMILES string of the molecule is CC(C)C(C(N)c1ccccc1)N1CC(C)C(N(C)C)C1. The molecule has 1 heterocycles. The Labute approximate surface area is 130 Å². The lowest BCUT2D eigenvalue weighted by Crippen LogP contribution is -2.46. The van der Waals surface area contributed by atoms with Crippen LogP contribution in [0.3, 0.4) is 0 Å². The van der Waals surface area contributed by atoms with Gasteiger partial charge in [-0.05, 0) is 31.5 Å². The van der Waals surface area contributed by atoms with E-state index >= 15 is 0 Å². The van der Waals surface area contributed by atoms with E-state index < -0.39 is 0 Å². The first-order valence-corrected chi connectivity index (χ1v) is 8.12. The van der Waals surface area contributed by atoms with Gasteiger partial charge in [-0.15, -0.1) is 0 Å². The molecule has 21 heavy (non-hydrogen) atoms. The molecule has 0 aliphatic carbocycles. The lowest BCUT2D eigenvalue weighted by molar-refractivity contribution is 0.149. The first-order valence-electron chi connectivity index (χ1n) is 8.12. The van der Waals surface area contributed by atoms with Crippen molar-refractivity contribution in [1.29, 1.82) is 0 Å². The number of benzene rings is 1. The second kappa shape index (κ2) is 6.91. The number of likely N-dealkylation sites (N-methyl/N-ethyl adjacent to an activating group) is 1. The minimum atomic E-state index is 0.0827. The molecule has 0 bridgehead atoms. The maximum Gasteiger partial charge on any atom is 0.0455 e. The van der Waals surface area contributed by atoms with E-state index in [1.807, 2.05) is 0 Å². The van der Waals surface area contributed by atoms with Crippen LogP contribution in [0.4, 0.5) is 0 Å². The third-order valence-corrected chi connectivity index (χ3v) is 4.92. The van der Waals surface area contributed by atoms with E-state index in [9.17, 15) is 0 Å². The highest BCUT2D eigenvalue weighted by atomic mass is 15.3. The van der Waals surface area contributed by atoms with Gasteiger partial charge in [-0.1, -0.05) is 51.1 Å². The highest BCUT2D eigenvalue weighted by Crippen LogP contribution is 2.30. The van der Waals surface area contributed by atoms with Crippen LogP contribution < -0.4 is 5.73 Å². The summed E-state index contributed by atoms with van der Waals surface area (Å²) in [5.41, 5.74) is 7.88. The van der Waals surface area contributed by atoms with Crippen LogP contribution in [0.1, 0.15) is 32.4 Å². The molecular formula is C18H31N3. The topological polar surface area (TPSA) is 32.5 Å². The predicted molar refractivity (Wildman–Crippen MR) is 90.2 cm³/mol. The zero-order valence-electron chi connectivity index (χ0n) is 14.2. The van der Waals surface area contributed by atoms with E-state index in [2.05, 4.69) is 75.0 Å². The fourth-order valence-electron chi connectivity index (χ4n) is 3.84. The molecule has 4 atom stereocenters. The number of nitrogens with two attached hydrogens (primary N) is 1. The third kappa shape index (κ3) is 3.65. The summed E-state index contributed by atoms with van der Waals surface area (Å²) in [5, 5.41) is 0. The Morgan fingerprint density at radius 3 is 2.24 bits per heavy atom. The summed E-state index contributed by atoms with van der Waals surface area (Å²) in [6.07, 6.45) is 0. The third-order valence-electron chi connectivity index (χ3n) is 4.92. The van der Waals surface area contributed by atoms with E-state index in [0.29, 0.717) is 23.9 Å². The molecule has 1 aliphatic rings. The van der Waals surface area contributed by atoms with Crippen LogP contribution in [0, 0.1) is 11.8 Å². The molecule has 1 aromatic carbocycles. The maximum absolute atomic E-state index is 6.63. The van der Waals surface area contributed by atoms with Gasteiger partial charge in [-0.25, -0.2) is 0 Å². The van der Waals surface area contributed by atoms with Gasteiger partial charge in [-0.2, -0.15) is 0 Å². The highest BCUT2D eigenvalue weighted by Gasteiger charge is 2.38. The molecular weight excluding hydrogens is 258 g/mol. The first-order chi connectivity index (χ1) is 9.91. The van der Waals surface area contributed by atoms with Crippen molar-refractivity contribution in [2.45, 2.75) is 38.9 Å². The molecule has 3 nitrogen and oxygen atoms in total. The quantitative estimate of drug-likeness (QED) is 0.904. The lowest BCUT2D eigenvalue weighted by atomic mass is 9.90. The van der Waals surface area contributed by atoms with Gasteiger partial charge < -0.3 is 10.6 Å². The van der Waals surface area contributed by atoms with Gasteiger partial charge in [-0.3, -0.25) is 4.90 Å². The zero-order chi connectivity index (χ0) is 15.6. The Morgan fingerprint density at radius 1 is 1.14 bits per heavy atom. The second-order valence-corrected chi connectivity index (χ2v) is 7.13. The molecule has 0 aromatic heterocycles. The Morgan fingerprint density at radius 2 is 1.76 bits per heavy atom. The summed E-state index contributed by atoms with van der Waals surface area (Å²) in [6.45, 7) is 9.21. The van der Waals surface area contributed by atoms with Crippen molar-refractivity contribution >= 4 is 0 Å². The summed E-state index contributed by atoms with van der Waals surface area (Å²) in [7, 11) is 4.37. The summed E-state index contributed by atoms with van der Waals surface area (Å²) < 4.78 is 0. The smallest absolute Gasteiger partial charge is 0.0455 e. The minimum absolute atomic E-state index is 0.0827. The molecule has 0 saturated carbocycles. The standard InChI is InChI=1S/C18H31N3/c1-13(2)18(17(19)15-9-7-6-8-10-15)21-11-14(3)16(12-21)20(4)5/h6-10,13-14,16-18H,11-12,19H2,1-5H3. The van der Waals surface area contributed by atoms with E-state index in [-0.39, 0.29) is 6.04 Å². The zero-order valence-corrected chi connectivity index (χ0v) is 14.2. The first kappa shape index (κ1) is 16.5. The van der Waals surface area contributed by atoms with Gasteiger partial charge in [0.25, 0.3) is 0 Å². The van der Waals surface area contributed by atoms with Crippen molar-refractivity contribution in [3.8, 4) is 0 Å². The van der Waals surface area contributed by atoms with E-state index in [0.717, 1.165) is 13.1 Å². The lowest BCUT2D eigenvalue weighted by Gasteiger charge is -2.36. The molecule has 0 amide bonds. The predicted octanol–water partition coefficient (Wildman–Crippen LogP) is 2.59. The normalized spacial score (nSPS) is 26.5. The summed E-state index contributed by atoms with van der Waals surface area (Å²) in [4.78, 5) is 4.97. The Balaban J connectivity index is 2.17. The largest absolute Gasteiger partial charge is 0.323 e. The van der Waals surface area contributed by atoms with Gasteiger partial charge in [0.2, 0.25) is 0 Å². The van der Waals surface area contributed by atoms with E-state index in [4.69, 9.17) is 5.73 Å². The number of rotatable bonds is 5. The summed E-state index contributed by atoms with van der Waals surface area (Å²) in [6, 6.07) is 11.7. The van der Waals surface area contributed by atoms with Crippen LogP contribution in [-0.4, -0.2) is 49.1 Å². The average Bonchev–Trinajstić information content (AvgIpc) is 2.81. The number of likely N-dealkylation sites (tertiary alicyclic amines) is 1. The molecule has 1 saturated heterocycles. The summed E-state index contributed by atoms with van der Waals surface area (Å²) in [5.74, 6) is 1.25. The monoisotopic (exact) mass is 289 g/mol. The molecule has 3 heteroatoms. The fraction of sp³-hybridized carbons (Fsp3) is 0.667. The molecule has 4 unspecified atom stereocenters. The minimum Gasteiger partial charge on any atom is -0.323 e. The molecule has 1 aliphatic heterocycles. The van der Waals surface area contributed by atoms with Crippen molar-refractivity contribution in [3.63, 3.8) is 0 Å². The maximum atomic E-state index is 6.63. The highest BCUT2D eigenvalue weighted by molar-refractivity contribution is 5.20. The van der Waals surface area contributed by atoms with Crippen molar-refractivity contribution < 1.29 is 0 Å². The molecule has 1 fully saturated rings. The van der Waals surface area contributed by atoms with Crippen molar-refractivity contribution in [1.82, 2.24) is 9.80 Å². The Kier molecular flexibility index (Phi) is 5.42. The van der Waals surface area contributed by atoms with Crippen molar-refractivity contribution in [2.75, 3.05) is 27.2 Å². The fourth-order valence-corrected chi connectivity index (χ4v) is 3.84. The molecule has 2 N–H and O–H groups in total. The molecule has 0 radical (unpaired) electrons. The number of hydrogen-bond donors (Lipinski definition) is 1. The Bertz CT molecular complexity index is 429. The van der Waals surface area contributed by atoms with Gasteiger partial charge >= 0.3 is 0 Å². The average molecular weight is 289 g/mol. The van der Waals surface area contributed by atoms with E-state index in [1.165, 1.54) is 5.56 Å². The van der Waals surface area contributed by atoms with Gasteiger partial charge in [0.05, 0.1) is 0 Å². The number of hydrogen-bond acceptors (Lipinski definition) is 3. The van der Waals surface area contributed by atoms with Crippen molar-refractivity contribution in [3.05, 3.63) is 35.9 Å². The van der Waals surface area contributed by atoms with Crippen molar-refractivity contribution in [2.24, 2.45) is 17.6 Å². The van der Waals surface area contributed by atoms with Gasteiger partial charge in [0, 0.05) is 31.2 Å². The molecule has 1 aromatic rings. The van der Waals surface area contributed by atoms with Crippen LogP contribution in [0.25, 0.3) is 0 Å².